The zero-order valence-electron chi connectivity index (χ0n) is 12.5. The molecule has 8 heteroatoms. The Labute approximate surface area is 137 Å². The van der Waals surface area contributed by atoms with Gasteiger partial charge in [-0.3, -0.25) is 0 Å². The second kappa shape index (κ2) is 6.49. The lowest BCUT2D eigenvalue weighted by atomic mass is 10.2. The molecule has 7 nitrogen and oxygen atoms in total. The Bertz CT molecular complexity index is 881. The lowest BCUT2D eigenvalue weighted by Crippen LogP contribution is -1.98. The summed E-state index contributed by atoms with van der Waals surface area (Å²) in [5.74, 6) is 2.26. The fourth-order valence-electron chi connectivity index (χ4n) is 2.10. The highest BCUT2D eigenvalue weighted by Gasteiger charge is 2.11. The standard InChI is InChI=1S/C15H14N4O3S/c1-20-11-6-3-5-10(13(11)21-2)9-16-19-14(17-18-15(19)23)12-7-4-8-22-12/h3-9H,1-2H3,(H,18,23)/b16-9+. The molecule has 1 aromatic carbocycles. The molecule has 118 valence electrons. The summed E-state index contributed by atoms with van der Waals surface area (Å²) in [5, 5.41) is 11.2. The Morgan fingerprint density at radius 3 is 2.83 bits per heavy atom. The number of aromatic amines is 1. The van der Waals surface area contributed by atoms with Gasteiger partial charge in [0.15, 0.2) is 17.3 Å². The highest BCUT2D eigenvalue weighted by atomic mass is 32.1. The number of hydrogen-bond acceptors (Lipinski definition) is 6. The SMILES string of the molecule is COc1cccc(/C=N/n2c(-c3ccco3)n[nH]c2=S)c1OC. The Morgan fingerprint density at radius 1 is 1.26 bits per heavy atom. The number of hydrogen-bond donors (Lipinski definition) is 1. The third-order valence-corrected chi connectivity index (χ3v) is 3.40. The van der Waals surface area contributed by atoms with Gasteiger partial charge in [-0.2, -0.15) is 9.78 Å². The van der Waals surface area contributed by atoms with Gasteiger partial charge in [-0.25, -0.2) is 5.10 Å². The Balaban J connectivity index is 2.02. The summed E-state index contributed by atoms with van der Waals surface area (Å²) >= 11 is 5.21. The maximum Gasteiger partial charge on any atom is 0.219 e. The summed E-state index contributed by atoms with van der Waals surface area (Å²) in [6.45, 7) is 0. The van der Waals surface area contributed by atoms with Gasteiger partial charge in [0.05, 0.1) is 26.7 Å². The van der Waals surface area contributed by atoms with E-state index in [4.69, 9.17) is 26.1 Å². The molecule has 0 aliphatic heterocycles. The molecule has 0 radical (unpaired) electrons. The van der Waals surface area contributed by atoms with Gasteiger partial charge in [-0.05, 0) is 36.5 Å². The lowest BCUT2D eigenvalue weighted by molar-refractivity contribution is 0.354. The van der Waals surface area contributed by atoms with Crippen molar-refractivity contribution in [3.8, 4) is 23.1 Å². The van der Waals surface area contributed by atoms with E-state index in [1.54, 1.807) is 38.8 Å². The van der Waals surface area contributed by atoms with Crippen LogP contribution in [0.15, 0.2) is 46.1 Å². The van der Waals surface area contributed by atoms with E-state index < -0.39 is 0 Å². The van der Waals surface area contributed by atoms with Crippen LogP contribution in [0.25, 0.3) is 11.6 Å². The van der Waals surface area contributed by atoms with Crippen LogP contribution in [0.5, 0.6) is 11.5 Å². The van der Waals surface area contributed by atoms with Crippen molar-refractivity contribution in [1.82, 2.24) is 14.9 Å². The van der Waals surface area contributed by atoms with E-state index in [0.717, 1.165) is 5.56 Å². The van der Waals surface area contributed by atoms with E-state index in [1.165, 1.54) is 4.68 Å². The second-order valence-corrected chi connectivity index (χ2v) is 4.86. The van der Waals surface area contributed by atoms with Crippen LogP contribution in [-0.2, 0) is 0 Å². The zero-order chi connectivity index (χ0) is 16.2. The summed E-state index contributed by atoms with van der Waals surface area (Å²) in [6, 6.07) is 9.08. The minimum absolute atomic E-state index is 0.356. The number of benzene rings is 1. The van der Waals surface area contributed by atoms with Gasteiger partial charge in [0.25, 0.3) is 0 Å². The van der Waals surface area contributed by atoms with Gasteiger partial charge < -0.3 is 13.9 Å². The molecule has 0 saturated carbocycles. The minimum atomic E-state index is 0.356. The molecule has 0 bridgehead atoms. The molecule has 0 unspecified atom stereocenters. The minimum Gasteiger partial charge on any atom is -0.493 e. The largest absolute Gasteiger partial charge is 0.493 e. The molecule has 2 heterocycles. The van der Waals surface area contributed by atoms with Crippen LogP contribution < -0.4 is 9.47 Å². The Kier molecular flexibility index (Phi) is 4.24. The molecule has 3 aromatic rings. The predicted molar refractivity (Wildman–Crippen MR) is 87.7 cm³/mol. The topological polar surface area (TPSA) is 77.6 Å². The average Bonchev–Trinajstić information content (AvgIpc) is 3.22. The van der Waals surface area contributed by atoms with Crippen LogP contribution in [-0.4, -0.2) is 35.3 Å². The van der Waals surface area contributed by atoms with E-state index in [2.05, 4.69) is 15.3 Å². The third kappa shape index (κ3) is 2.88. The van der Waals surface area contributed by atoms with Crippen molar-refractivity contribution in [2.45, 2.75) is 0 Å². The Hall–Kier alpha value is -2.87. The van der Waals surface area contributed by atoms with Crippen LogP contribution in [0, 0.1) is 4.77 Å². The number of ether oxygens (including phenoxy) is 2. The van der Waals surface area contributed by atoms with Crippen molar-refractivity contribution in [3.05, 3.63) is 46.9 Å². The highest BCUT2D eigenvalue weighted by molar-refractivity contribution is 7.71. The van der Waals surface area contributed by atoms with Crippen molar-refractivity contribution in [2.75, 3.05) is 14.2 Å². The van der Waals surface area contributed by atoms with Crippen LogP contribution in [0.2, 0.25) is 0 Å². The van der Waals surface area contributed by atoms with Crippen molar-refractivity contribution in [3.63, 3.8) is 0 Å². The van der Waals surface area contributed by atoms with Gasteiger partial charge in [-0.15, -0.1) is 5.10 Å². The van der Waals surface area contributed by atoms with Crippen LogP contribution in [0.3, 0.4) is 0 Å². The van der Waals surface area contributed by atoms with Crippen LogP contribution in [0.1, 0.15) is 5.56 Å². The fourth-order valence-corrected chi connectivity index (χ4v) is 2.28. The number of H-pyrrole nitrogens is 1. The number of aromatic nitrogens is 3. The van der Waals surface area contributed by atoms with Crippen molar-refractivity contribution >= 4 is 18.4 Å². The summed E-state index contributed by atoms with van der Waals surface area (Å²) in [7, 11) is 3.16. The summed E-state index contributed by atoms with van der Waals surface area (Å²) in [4.78, 5) is 0. The lowest BCUT2D eigenvalue weighted by Gasteiger charge is -2.09. The van der Waals surface area contributed by atoms with E-state index in [1.807, 2.05) is 18.2 Å². The fraction of sp³-hybridized carbons (Fsp3) is 0.133. The normalized spacial score (nSPS) is 11.0. The van der Waals surface area contributed by atoms with Crippen molar-refractivity contribution in [2.24, 2.45) is 5.10 Å². The molecule has 0 amide bonds. The van der Waals surface area contributed by atoms with E-state index in [-0.39, 0.29) is 0 Å². The first-order chi connectivity index (χ1) is 11.2. The monoisotopic (exact) mass is 330 g/mol. The van der Waals surface area contributed by atoms with Gasteiger partial charge in [0.1, 0.15) is 0 Å². The van der Waals surface area contributed by atoms with Gasteiger partial charge in [0, 0.05) is 5.56 Å². The molecule has 3 rings (SSSR count). The molecular weight excluding hydrogens is 316 g/mol. The summed E-state index contributed by atoms with van der Waals surface area (Å²) in [5.41, 5.74) is 0.750. The molecule has 0 aliphatic carbocycles. The van der Waals surface area contributed by atoms with Crippen molar-refractivity contribution < 1.29 is 13.9 Å². The Morgan fingerprint density at radius 2 is 2.13 bits per heavy atom. The van der Waals surface area contributed by atoms with Gasteiger partial charge in [0.2, 0.25) is 10.6 Å². The number of para-hydroxylation sites is 1. The molecule has 23 heavy (non-hydrogen) atoms. The van der Waals surface area contributed by atoms with E-state index in [9.17, 15) is 0 Å². The summed E-state index contributed by atoms with van der Waals surface area (Å²) < 4.78 is 17.8. The second-order valence-electron chi connectivity index (χ2n) is 4.47. The van der Waals surface area contributed by atoms with E-state index >= 15 is 0 Å². The average molecular weight is 330 g/mol. The number of furan rings is 1. The van der Waals surface area contributed by atoms with Crippen LogP contribution in [0.4, 0.5) is 0 Å². The first-order valence-corrected chi connectivity index (χ1v) is 7.12. The molecule has 0 saturated heterocycles. The molecule has 0 fully saturated rings. The predicted octanol–water partition coefficient (Wildman–Crippen LogP) is 3.10. The highest BCUT2D eigenvalue weighted by Crippen LogP contribution is 2.29. The zero-order valence-corrected chi connectivity index (χ0v) is 13.3. The first kappa shape index (κ1) is 15.0. The molecule has 2 aromatic heterocycles. The molecule has 1 N–H and O–H groups in total. The quantitative estimate of drug-likeness (QED) is 0.574. The van der Waals surface area contributed by atoms with Crippen LogP contribution >= 0.6 is 12.2 Å². The maximum absolute atomic E-state index is 5.38. The third-order valence-electron chi connectivity index (χ3n) is 3.14. The maximum atomic E-state index is 5.38. The van der Waals surface area contributed by atoms with Crippen molar-refractivity contribution in [1.29, 1.82) is 0 Å². The van der Waals surface area contributed by atoms with Gasteiger partial charge in [-0.1, -0.05) is 6.07 Å². The smallest absolute Gasteiger partial charge is 0.219 e. The molecule has 0 aliphatic rings. The molecular formula is C15H14N4O3S. The van der Waals surface area contributed by atoms with Gasteiger partial charge >= 0.3 is 0 Å². The number of nitrogens with one attached hydrogen (secondary N) is 1. The van der Waals surface area contributed by atoms with E-state index in [0.29, 0.717) is 27.9 Å². The number of nitrogens with zero attached hydrogens (tertiary/aromatic N) is 3. The number of methoxy groups -OCH3 is 2. The molecule has 0 spiro atoms. The first-order valence-electron chi connectivity index (χ1n) is 6.71. The number of rotatable bonds is 5. The summed E-state index contributed by atoms with van der Waals surface area (Å²) in [6.07, 6.45) is 3.19. The molecule has 0 atom stereocenters.